The maximum absolute atomic E-state index is 12.5. The zero-order valence-corrected chi connectivity index (χ0v) is 19.5. The lowest BCUT2D eigenvalue weighted by Crippen LogP contribution is -2.32. The van der Waals surface area contributed by atoms with Crippen LogP contribution >= 0.6 is 46.4 Å². The van der Waals surface area contributed by atoms with E-state index >= 15 is 0 Å². The highest BCUT2D eigenvalue weighted by Gasteiger charge is 2.45. The predicted molar refractivity (Wildman–Crippen MR) is 108 cm³/mol. The van der Waals surface area contributed by atoms with Crippen LogP contribution in [0.3, 0.4) is 0 Å². The van der Waals surface area contributed by atoms with Crippen LogP contribution < -0.4 is 0 Å². The minimum Gasteiger partial charge on any atom is -0.201 e. The van der Waals surface area contributed by atoms with Gasteiger partial charge in [-0.3, -0.25) is 0 Å². The number of alkyl halides is 3. The molecule has 0 saturated heterocycles. The molecule has 0 aliphatic rings. The van der Waals surface area contributed by atoms with Crippen LogP contribution in [0.1, 0.15) is 0 Å². The van der Waals surface area contributed by atoms with Crippen LogP contribution in [0.15, 0.2) is 36.4 Å². The fourth-order valence-electron chi connectivity index (χ4n) is 1.98. The summed E-state index contributed by atoms with van der Waals surface area (Å²) in [6.07, 6.45) is 0. The Morgan fingerprint density at radius 3 is 1.19 bits per heavy atom. The monoisotopic (exact) mass is 572 g/mol. The summed E-state index contributed by atoms with van der Waals surface area (Å²) < 4.78 is 75.3. The molecular formula is C15H7Cl4F3N2O6S2+2. The van der Waals surface area contributed by atoms with Crippen molar-refractivity contribution >= 4 is 90.6 Å². The van der Waals surface area contributed by atoms with E-state index in [1.807, 2.05) is 0 Å². The number of carbonyl (C=O) groups is 2. The van der Waals surface area contributed by atoms with E-state index in [-0.39, 0.29) is 28.0 Å². The van der Waals surface area contributed by atoms with Gasteiger partial charge in [-0.1, -0.05) is 46.4 Å². The van der Waals surface area contributed by atoms with Gasteiger partial charge in [-0.15, -0.1) is 16.8 Å². The maximum Gasteiger partial charge on any atom is 0.554 e. The first-order valence-corrected chi connectivity index (χ1v) is 11.0. The van der Waals surface area contributed by atoms with Crippen LogP contribution in [-0.2, 0) is 30.6 Å². The molecule has 0 spiro atoms. The van der Waals surface area contributed by atoms with Crippen molar-refractivity contribution < 1.29 is 47.5 Å². The SMILES string of the molecule is FC(F)F.O=C(C(=O)[N+](c1ccc(Cl)cc1Cl)=S(=O)=O)[N+](c1ccc(Cl)cc1Cl)=S(=O)=O. The first-order chi connectivity index (χ1) is 14.8. The van der Waals surface area contributed by atoms with E-state index < -0.39 is 50.9 Å². The quantitative estimate of drug-likeness (QED) is 0.382. The molecule has 0 aliphatic heterocycles. The molecule has 172 valence electrons. The molecule has 0 fully saturated rings. The third-order valence-corrected chi connectivity index (χ3v) is 5.50. The van der Waals surface area contributed by atoms with Gasteiger partial charge in [0.2, 0.25) is 0 Å². The van der Waals surface area contributed by atoms with Gasteiger partial charge in [-0.25, -0.2) is 9.59 Å². The smallest absolute Gasteiger partial charge is 0.201 e. The first-order valence-electron chi connectivity index (χ1n) is 7.47. The molecule has 0 atom stereocenters. The average Bonchev–Trinajstić information content (AvgIpc) is 2.64. The predicted octanol–water partition coefficient (Wildman–Crippen LogP) is 4.65. The second kappa shape index (κ2) is 12.3. The molecule has 2 rings (SSSR count). The Labute approximate surface area is 200 Å². The van der Waals surface area contributed by atoms with E-state index in [2.05, 4.69) is 0 Å². The molecule has 2 aromatic rings. The second-order valence-electron chi connectivity index (χ2n) is 5.07. The number of hydrogen-bond donors (Lipinski definition) is 0. The molecule has 0 radical (unpaired) electrons. The largest absolute Gasteiger partial charge is 0.554 e. The Morgan fingerprint density at radius 1 is 0.688 bits per heavy atom. The first kappa shape index (κ1) is 28.0. The lowest BCUT2D eigenvalue weighted by Gasteiger charge is -1.98. The summed E-state index contributed by atoms with van der Waals surface area (Å²) in [6.45, 7) is -3.67. The molecule has 0 unspecified atom stereocenters. The third kappa shape index (κ3) is 7.53. The molecule has 0 aliphatic carbocycles. The number of rotatable bonds is 2. The van der Waals surface area contributed by atoms with Crippen molar-refractivity contribution in [2.24, 2.45) is 0 Å². The minimum absolute atomic E-state index is 0.00925. The molecule has 0 N–H and O–H groups in total. The summed E-state index contributed by atoms with van der Waals surface area (Å²) in [5.41, 5.74) is -0.812. The third-order valence-electron chi connectivity index (χ3n) is 3.11. The van der Waals surface area contributed by atoms with Gasteiger partial charge in [0, 0.05) is 30.1 Å². The lowest BCUT2D eigenvalue weighted by molar-refractivity contribution is -0.382. The van der Waals surface area contributed by atoms with Gasteiger partial charge >= 0.3 is 39.5 Å². The Hall–Kier alpha value is -2.03. The molecule has 0 aromatic heterocycles. The molecular weight excluding hydrogens is 567 g/mol. The summed E-state index contributed by atoms with van der Waals surface area (Å²) in [5.74, 6) is -3.46. The van der Waals surface area contributed by atoms with Gasteiger partial charge < -0.3 is 0 Å². The van der Waals surface area contributed by atoms with Crippen molar-refractivity contribution in [3.05, 3.63) is 56.5 Å². The highest BCUT2D eigenvalue weighted by Crippen LogP contribution is 2.30. The van der Waals surface area contributed by atoms with Crippen molar-refractivity contribution in [1.82, 2.24) is 0 Å². The highest BCUT2D eigenvalue weighted by molar-refractivity contribution is 7.59. The summed E-state index contributed by atoms with van der Waals surface area (Å²) >= 11 is 23.2. The van der Waals surface area contributed by atoms with Crippen LogP contribution in [0.25, 0.3) is 0 Å². The van der Waals surface area contributed by atoms with Crippen molar-refractivity contribution in [2.75, 3.05) is 0 Å². The topological polar surface area (TPSA) is 108 Å². The molecule has 0 heterocycles. The molecule has 0 saturated carbocycles. The standard InChI is InChI=1S/C14H6Cl4N2O6S2.CHF3/c15-7-1-3-11(9(17)5-7)19(27(23)24)13(21)14(22)20(28(25)26)12-4-2-8(16)6-10(12)18;2-1(3)4/h1-6H;1H/q+2;. The van der Waals surface area contributed by atoms with E-state index in [4.69, 9.17) is 46.4 Å². The zero-order chi connectivity index (χ0) is 24.7. The van der Waals surface area contributed by atoms with Gasteiger partial charge in [0.25, 0.3) is 11.4 Å². The molecule has 17 heteroatoms. The number of halogens is 7. The maximum atomic E-state index is 12.5. The van der Waals surface area contributed by atoms with E-state index in [9.17, 15) is 39.6 Å². The Balaban J connectivity index is 0.00000118. The van der Waals surface area contributed by atoms with Crippen molar-refractivity contribution in [1.29, 1.82) is 0 Å². The number of nitrogens with zero attached hydrogens (tertiary/aromatic N) is 2. The van der Waals surface area contributed by atoms with E-state index in [0.29, 0.717) is 0 Å². The Bertz CT molecular complexity index is 1240. The van der Waals surface area contributed by atoms with Gasteiger partial charge in [0.1, 0.15) is 10.0 Å². The molecule has 8 nitrogen and oxygen atoms in total. The summed E-state index contributed by atoms with van der Waals surface area (Å²) in [7, 11) is -6.63. The van der Waals surface area contributed by atoms with Crippen molar-refractivity contribution in [3.8, 4) is 0 Å². The van der Waals surface area contributed by atoms with Gasteiger partial charge in [-0.2, -0.15) is 13.2 Å². The van der Waals surface area contributed by atoms with Gasteiger partial charge in [0.05, 0.1) is 0 Å². The summed E-state index contributed by atoms with van der Waals surface area (Å²) in [6, 6.07) is 6.85. The Kier molecular flexibility index (Phi) is 10.7. The molecule has 2 amide bonds. The van der Waals surface area contributed by atoms with Crippen molar-refractivity contribution in [3.63, 3.8) is 0 Å². The molecule has 0 bridgehead atoms. The fraction of sp³-hybridized carbons (Fsp3) is 0.0667. The summed E-state index contributed by atoms with van der Waals surface area (Å²) in [5, 5.41) is -0.256. The van der Waals surface area contributed by atoms with E-state index in [1.165, 1.54) is 12.1 Å². The van der Waals surface area contributed by atoms with E-state index in [1.54, 1.807) is 0 Å². The van der Waals surface area contributed by atoms with Crippen LogP contribution in [0.5, 0.6) is 0 Å². The van der Waals surface area contributed by atoms with Gasteiger partial charge in [0.15, 0.2) is 0 Å². The minimum atomic E-state index is -3.67. The molecule has 32 heavy (non-hydrogen) atoms. The van der Waals surface area contributed by atoms with E-state index in [0.717, 1.165) is 24.3 Å². The zero-order valence-electron chi connectivity index (χ0n) is 14.8. The van der Waals surface area contributed by atoms with Crippen LogP contribution in [-0.4, -0.2) is 43.2 Å². The van der Waals surface area contributed by atoms with Crippen LogP contribution in [0.4, 0.5) is 24.5 Å². The number of hydrogen-bond acceptors (Lipinski definition) is 6. The summed E-state index contributed by atoms with van der Waals surface area (Å²) in [4.78, 5) is 25.1. The number of carbonyl (C=O) groups excluding carboxylic acids is 2. The normalized spacial score (nSPS) is 10.1. The van der Waals surface area contributed by atoms with Crippen LogP contribution in [0, 0.1) is 0 Å². The average molecular weight is 574 g/mol. The fourth-order valence-corrected chi connectivity index (χ4v) is 4.13. The second-order valence-corrected chi connectivity index (χ2v) is 8.36. The number of benzene rings is 2. The lowest BCUT2D eigenvalue weighted by atomic mass is 10.3. The molecule has 2 aromatic carbocycles. The van der Waals surface area contributed by atoms with Gasteiger partial charge in [-0.05, 0) is 24.3 Å². The van der Waals surface area contributed by atoms with Crippen LogP contribution in [0.2, 0.25) is 20.1 Å². The van der Waals surface area contributed by atoms with Crippen molar-refractivity contribution in [2.45, 2.75) is 6.68 Å². The highest BCUT2D eigenvalue weighted by atomic mass is 35.5. The number of amides is 2. The Morgan fingerprint density at radius 2 is 0.969 bits per heavy atom.